The van der Waals surface area contributed by atoms with E-state index in [1.54, 1.807) is 12.1 Å². The Morgan fingerprint density at radius 2 is 1.81 bits per heavy atom. The third kappa shape index (κ3) is 4.06. The second kappa shape index (κ2) is 7.96. The lowest BCUT2D eigenvalue weighted by Crippen LogP contribution is -2.37. The van der Waals surface area contributed by atoms with Gasteiger partial charge in [-0.3, -0.25) is 4.57 Å². The van der Waals surface area contributed by atoms with E-state index in [2.05, 4.69) is 15.2 Å². The van der Waals surface area contributed by atoms with Crippen molar-refractivity contribution in [2.45, 2.75) is 25.3 Å². The number of imidazole rings is 1. The van der Waals surface area contributed by atoms with Crippen molar-refractivity contribution in [2.24, 2.45) is 0 Å². The summed E-state index contributed by atoms with van der Waals surface area (Å²) in [6, 6.07) is 14.6. The molecule has 2 heterocycles. The van der Waals surface area contributed by atoms with Crippen molar-refractivity contribution in [1.82, 2.24) is 14.5 Å². The Morgan fingerprint density at radius 1 is 1.07 bits per heavy atom. The maximum atomic E-state index is 12.9. The number of hydrogen-bond acceptors (Lipinski definition) is 3. The van der Waals surface area contributed by atoms with Gasteiger partial charge in [-0.1, -0.05) is 12.1 Å². The molecule has 0 atom stereocenters. The second-order valence-electron chi connectivity index (χ2n) is 7.18. The van der Waals surface area contributed by atoms with E-state index in [-0.39, 0.29) is 17.5 Å². The molecule has 0 aliphatic carbocycles. The summed E-state index contributed by atoms with van der Waals surface area (Å²) >= 11 is 0. The number of rotatable bonds is 6. The first-order valence-corrected chi connectivity index (χ1v) is 9.62. The molecule has 1 aliphatic rings. The predicted molar refractivity (Wildman–Crippen MR) is 107 cm³/mol. The summed E-state index contributed by atoms with van der Waals surface area (Å²) < 4.78 is 14.8. The lowest BCUT2D eigenvalue weighted by atomic mass is 10.0. The van der Waals surface area contributed by atoms with Crippen LogP contribution in [0.25, 0.3) is 11.0 Å². The molecule has 3 aromatic rings. The molecule has 2 N–H and O–H groups in total. The van der Waals surface area contributed by atoms with Crippen LogP contribution >= 0.6 is 0 Å². The average Bonchev–Trinajstić information content (AvgIpc) is 3.03. The highest BCUT2D eigenvalue weighted by Gasteiger charge is 2.23. The molecule has 0 bridgehead atoms. The predicted octanol–water partition coefficient (Wildman–Crippen LogP) is 3.61. The zero-order valence-electron chi connectivity index (χ0n) is 15.3. The first-order valence-electron chi connectivity index (χ1n) is 9.62. The number of hydrogen-bond donors (Lipinski definition) is 2. The first kappa shape index (κ1) is 17.8. The van der Waals surface area contributed by atoms with Crippen molar-refractivity contribution in [2.75, 3.05) is 31.5 Å². The minimum atomic E-state index is -0.210. The van der Waals surface area contributed by atoms with E-state index >= 15 is 0 Å². The van der Waals surface area contributed by atoms with Crippen molar-refractivity contribution < 1.29 is 4.39 Å². The molecule has 1 fully saturated rings. The molecule has 27 heavy (non-hydrogen) atoms. The number of anilines is 1. The van der Waals surface area contributed by atoms with Gasteiger partial charge in [-0.2, -0.15) is 0 Å². The van der Waals surface area contributed by atoms with Crippen LogP contribution in [0.3, 0.4) is 0 Å². The van der Waals surface area contributed by atoms with Crippen molar-refractivity contribution >= 4 is 16.7 Å². The van der Waals surface area contributed by atoms with Crippen LogP contribution in [-0.2, 0) is 0 Å². The summed E-state index contributed by atoms with van der Waals surface area (Å²) in [4.78, 5) is 17.8. The summed E-state index contributed by atoms with van der Waals surface area (Å²) in [5.74, 6) is -0.210. The summed E-state index contributed by atoms with van der Waals surface area (Å²) in [7, 11) is 0. The van der Waals surface area contributed by atoms with Crippen molar-refractivity contribution in [3.05, 3.63) is 64.8 Å². The SMILES string of the molecule is O=c1[nH]c2ccccc2n1C1CCN(CCCNc2ccc(F)cc2)CC1. The molecular weight excluding hydrogens is 343 g/mol. The smallest absolute Gasteiger partial charge is 0.326 e. The minimum absolute atomic E-state index is 0.00171. The van der Waals surface area contributed by atoms with Gasteiger partial charge in [0.2, 0.25) is 0 Å². The number of H-pyrrole nitrogens is 1. The Balaban J connectivity index is 1.26. The number of halogens is 1. The lowest BCUT2D eigenvalue weighted by molar-refractivity contribution is 0.186. The third-order valence-corrected chi connectivity index (χ3v) is 5.37. The highest BCUT2D eigenvalue weighted by Crippen LogP contribution is 2.24. The van der Waals surface area contributed by atoms with E-state index in [4.69, 9.17) is 0 Å². The molecule has 0 radical (unpaired) electrons. The zero-order chi connectivity index (χ0) is 18.6. The summed E-state index contributed by atoms with van der Waals surface area (Å²) in [6.07, 6.45) is 3.02. The highest BCUT2D eigenvalue weighted by molar-refractivity contribution is 5.75. The fraction of sp³-hybridized carbons (Fsp3) is 0.381. The van der Waals surface area contributed by atoms with Crippen LogP contribution in [0.5, 0.6) is 0 Å². The monoisotopic (exact) mass is 368 g/mol. The first-order chi connectivity index (χ1) is 13.2. The number of fused-ring (bicyclic) bond motifs is 1. The van der Waals surface area contributed by atoms with Crippen molar-refractivity contribution in [3.8, 4) is 0 Å². The highest BCUT2D eigenvalue weighted by atomic mass is 19.1. The van der Waals surface area contributed by atoms with Gasteiger partial charge in [0, 0.05) is 31.4 Å². The van der Waals surface area contributed by atoms with Gasteiger partial charge in [0.1, 0.15) is 5.82 Å². The van der Waals surface area contributed by atoms with E-state index in [0.717, 1.165) is 62.2 Å². The second-order valence-corrected chi connectivity index (χ2v) is 7.18. The number of likely N-dealkylation sites (tertiary alicyclic amines) is 1. The van der Waals surface area contributed by atoms with E-state index < -0.39 is 0 Å². The molecule has 0 spiro atoms. The van der Waals surface area contributed by atoms with Crippen LogP contribution in [0.4, 0.5) is 10.1 Å². The van der Waals surface area contributed by atoms with Gasteiger partial charge in [-0.15, -0.1) is 0 Å². The van der Waals surface area contributed by atoms with Crippen LogP contribution < -0.4 is 11.0 Å². The number of nitrogens with one attached hydrogen (secondary N) is 2. The Morgan fingerprint density at radius 3 is 2.59 bits per heavy atom. The number of aromatic nitrogens is 2. The van der Waals surface area contributed by atoms with Gasteiger partial charge in [-0.25, -0.2) is 9.18 Å². The van der Waals surface area contributed by atoms with E-state index in [1.807, 2.05) is 28.8 Å². The quantitative estimate of drug-likeness (QED) is 0.654. The molecule has 0 unspecified atom stereocenters. The van der Waals surface area contributed by atoms with Crippen LogP contribution in [0.1, 0.15) is 25.3 Å². The fourth-order valence-corrected chi connectivity index (χ4v) is 3.94. The summed E-state index contributed by atoms with van der Waals surface area (Å²) in [5, 5.41) is 3.33. The maximum absolute atomic E-state index is 12.9. The van der Waals surface area contributed by atoms with Crippen LogP contribution in [-0.4, -0.2) is 40.6 Å². The summed E-state index contributed by atoms with van der Waals surface area (Å²) in [5.41, 5.74) is 2.87. The number of nitrogens with zero attached hydrogens (tertiary/aromatic N) is 2. The standard InChI is InChI=1S/C21H25FN4O/c22-16-6-8-17(9-7-16)23-12-3-13-25-14-10-18(11-15-25)26-20-5-2-1-4-19(20)24-21(26)27/h1-2,4-9,18,23H,3,10-15H2,(H,24,27). The largest absolute Gasteiger partial charge is 0.385 e. The van der Waals surface area contributed by atoms with Crippen LogP contribution in [0.2, 0.25) is 0 Å². The maximum Gasteiger partial charge on any atom is 0.326 e. The fourth-order valence-electron chi connectivity index (χ4n) is 3.94. The average molecular weight is 368 g/mol. The number of para-hydroxylation sites is 2. The lowest BCUT2D eigenvalue weighted by Gasteiger charge is -2.32. The van der Waals surface area contributed by atoms with E-state index in [1.165, 1.54) is 12.1 Å². The topological polar surface area (TPSA) is 53.1 Å². The van der Waals surface area contributed by atoms with Gasteiger partial charge in [0.05, 0.1) is 11.0 Å². The number of benzene rings is 2. The van der Waals surface area contributed by atoms with E-state index in [0.29, 0.717) is 0 Å². The molecule has 0 saturated carbocycles. The Hall–Kier alpha value is -2.60. The molecule has 1 saturated heterocycles. The molecule has 2 aromatic carbocycles. The normalized spacial score (nSPS) is 16.0. The molecule has 6 heteroatoms. The molecule has 4 rings (SSSR count). The molecule has 0 amide bonds. The Labute approximate surface area is 157 Å². The van der Waals surface area contributed by atoms with Crippen molar-refractivity contribution in [1.29, 1.82) is 0 Å². The van der Waals surface area contributed by atoms with E-state index in [9.17, 15) is 9.18 Å². The van der Waals surface area contributed by atoms with Crippen LogP contribution in [0.15, 0.2) is 53.3 Å². The van der Waals surface area contributed by atoms with Gasteiger partial charge >= 0.3 is 5.69 Å². The third-order valence-electron chi connectivity index (χ3n) is 5.37. The van der Waals surface area contributed by atoms with Gasteiger partial charge in [-0.05, 0) is 62.2 Å². The minimum Gasteiger partial charge on any atom is -0.385 e. The zero-order valence-corrected chi connectivity index (χ0v) is 15.3. The van der Waals surface area contributed by atoms with Gasteiger partial charge < -0.3 is 15.2 Å². The molecular formula is C21H25FN4O. The molecule has 1 aromatic heterocycles. The molecule has 5 nitrogen and oxygen atoms in total. The van der Waals surface area contributed by atoms with Gasteiger partial charge in [0.25, 0.3) is 0 Å². The molecule has 1 aliphatic heterocycles. The summed E-state index contributed by atoms with van der Waals surface area (Å²) in [6.45, 7) is 3.91. The molecule has 142 valence electrons. The van der Waals surface area contributed by atoms with Crippen molar-refractivity contribution in [3.63, 3.8) is 0 Å². The number of aromatic amines is 1. The Kier molecular flexibility index (Phi) is 5.25. The van der Waals surface area contributed by atoms with Crippen LogP contribution in [0, 0.1) is 5.82 Å². The number of piperidine rings is 1. The van der Waals surface area contributed by atoms with Gasteiger partial charge in [0.15, 0.2) is 0 Å². The Bertz CT molecular complexity index is 939.